The van der Waals surface area contributed by atoms with Gasteiger partial charge in [-0.3, -0.25) is 14.4 Å². The molecule has 0 rings (SSSR count). The zero-order valence-corrected chi connectivity index (χ0v) is 10.5. The molecule has 0 bridgehead atoms. The first-order chi connectivity index (χ1) is 10.6. The molecule has 0 aromatic rings. The molecule has 0 aromatic heterocycles. The number of carbonyl (C=O) groups excluding carboxylic acids is 4. The number of aldehydes is 1. The molecule has 8 heteroatoms. The van der Waals surface area contributed by atoms with Gasteiger partial charge in [0.25, 0.3) is 0 Å². The molecule has 114 valence electrons. The minimum atomic E-state index is -3.57. The van der Waals surface area contributed by atoms with Gasteiger partial charge in [0.15, 0.2) is 28.6 Å². The van der Waals surface area contributed by atoms with Crippen LogP contribution in [0.1, 0.15) is 31.2 Å². The molecule has 0 aliphatic rings. The Kier molecular flexibility index (Phi) is 4.26. The monoisotopic (exact) mass is 293 g/mol. The van der Waals surface area contributed by atoms with Gasteiger partial charge in [-0.25, -0.2) is 0 Å². The zero-order valence-electron chi connectivity index (χ0n) is 13.5. The summed E-state index contributed by atoms with van der Waals surface area (Å²) in [5, 5.41) is 40.2. The van der Waals surface area contributed by atoms with Crippen LogP contribution in [0.3, 0.4) is 0 Å². The molecular formula is C12H18O8. The third kappa shape index (κ3) is 2.83. The first-order valence-electron chi connectivity index (χ1n) is 7.42. The molecule has 0 heterocycles. The summed E-state index contributed by atoms with van der Waals surface area (Å²) in [6, 6.07) is 0. The molecule has 0 aromatic carbocycles. The molecule has 0 fully saturated rings. The lowest BCUT2D eigenvalue weighted by atomic mass is 9.70. The van der Waals surface area contributed by atoms with Crippen LogP contribution in [0.25, 0.3) is 0 Å². The maximum atomic E-state index is 11.9. The van der Waals surface area contributed by atoms with E-state index >= 15 is 0 Å². The van der Waals surface area contributed by atoms with Crippen molar-refractivity contribution in [3.8, 4) is 0 Å². The SMILES string of the molecule is [2H]CC(=O)C(O)[C@@H](O)[C@](O)(C(=O)C[2H])[C@](O)(CC=O)C(=O)C[2H]. The maximum absolute atomic E-state index is 11.9. The number of hydrogen-bond donors (Lipinski definition) is 4. The Balaban J connectivity index is 6.26. The number of ketones is 3. The fourth-order valence-electron chi connectivity index (χ4n) is 1.65. The number of hydrogen-bond acceptors (Lipinski definition) is 8. The van der Waals surface area contributed by atoms with Gasteiger partial charge in [-0.15, -0.1) is 0 Å². The van der Waals surface area contributed by atoms with Gasteiger partial charge in [0.1, 0.15) is 18.5 Å². The van der Waals surface area contributed by atoms with Gasteiger partial charge in [0.05, 0.1) is 0 Å². The lowest BCUT2D eigenvalue weighted by Gasteiger charge is -2.42. The van der Waals surface area contributed by atoms with Crippen molar-refractivity contribution in [2.75, 3.05) is 0 Å². The van der Waals surface area contributed by atoms with Gasteiger partial charge in [-0.05, 0) is 20.7 Å². The molecule has 0 saturated carbocycles. The minimum absolute atomic E-state index is 0.0683. The predicted molar refractivity (Wildman–Crippen MR) is 64.6 cm³/mol. The Labute approximate surface area is 119 Å². The highest BCUT2D eigenvalue weighted by atomic mass is 16.4. The lowest BCUT2D eigenvalue weighted by Crippen LogP contribution is -2.71. The summed E-state index contributed by atoms with van der Waals surface area (Å²) in [4.78, 5) is 45.6. The number of Topliss-reactive ketones (excluding diaryl/α,β-unsaturated/α-hetero) is 3. The van der Waals surface area contributed by atoms with E-state index in [0.717, 1.165) is 0 Å². The summed E-state index contributed by atoms with van der Waals surface area (Å²) in [7, 11) is 0. The van der Waals surface area contributed by atoms with Crippen LogP contribution < -0.4 is 0 Å². The number of rotatable bonds is 8. The highest BCUT2D eigenvalue weighted by Crippen LogP contribution is 2.32. The second-order valence-corrected chi connectivity index (χ2v) is 4.20. The smallest absolute Gasteiger partial charge is 0.187 e. The molecule has 20 heavy (non-hydrogen) atoms. The molecule has 0 radical (unpaired) electrons. The van der Waals surface area contributed by atoms with Crippen LogP contribution in [-0.2, 0) is 19.2 Å². The van der Waals surface area contributed by atoms with Crippen molar-refractivity contribution in [2.45, 2.75) is 50.5 Å². The van der Waals surface area contributed by atoms with Crippen molar-refractivity contribution < 1.29 is 43.7 Å². The van der Waals surface area contributed by atoms with Crippen molar-refractivity contribution >= 4 is 23.6 Å². The molecule has 0 aliphatic carbocycles. The molecule has 0 spiro atoms. The topological polar surface area (TPSA) is 149 Å². The Bertz CT molecular complexity index is 485. The molecule has 0 aliphatic heterocycles. The van der Waals surface area contributed by atoms with Crippen LogP contribution in [-0.4, -0.2) is 67.5 Å². The summed E-state index contributed by atoms with van der Waals surface area (Å²) in [5.74, 6) is -4.51. The maximum Gasteiger partial charge on any atom is 0.187 e. The molecule has 0 saturated heterocycles. The fraction of sp³-hybridized carbons (Fsp3) is 0.667. The highest BCUT2D eigenvalue weighted by molar-refractivity contribution is 5.99. The van der Waals surface area contributed by atoms with E-state index < -0.39 is 67.9 Å². The third-order valence-electron chi connectivity index (χ3n) is 2.95. The van der Waals surface area contributed by atoms with E-state index in [1.165, 1.54) is 0 Å². The molecule has 4 atom stereocenters. The summed E-state index contributed by atoms with van der Waals surface area (Å²) < 4.78 is 20.7. The Morgan fingerprint density at radius 1 is 1.15 bits per heavy atom. The van der Waals surface area contributed by atoms with Crippen molar-refractivity contribution in [2.24, 2.45) is 0 Å². The van der Waals surface area contributed by atoms with E-state index in [1.54, 1.807) is 0 Å². The van der Waals surface area contributed by atoms with Crippen LogP contribution in [0.2, 0.25) is 0 Å². The van der Waals surface area contributed by atoms with Crippen LogP contribution >= 0.6 is 0 Å². The predicted octanol–water partition coefficient (Wildman–Crippen LogP) is -2.47. The molecule has 0 amide bonds. The number of carbonyl (C=O) groups is 4. The number of aliphatic hydroxyl groups is 4. The van der Waals surface area contributed by atoms with E-state index in [4.69, 9.17) is 4.11 Å². The third-order valence-corrected chi connectivity index (χ3v) is 2.95. The van der Waals surface area contributed by atoms with E-state index in [2.05, 4.69) is 0 Å². The second-order valence-electron chi connectivity index (χ2n) is 4.20. The first-order valence-corrected chi connectivity index (χ1v) is 5.29. The minimum Gasteiger partial charge on any atom is -0.386 e. The summed E-state index contributed by atoms with van der Waals surface area (Å²) in [5.41, 5.74) is -6.88. The van der Waals surface area contributed by atoms with Gasteiger partial charge in [0, 0.05) is 10.5 Å². The first kappa shape index (κ1) is 13.5. The second kappa shape index (κ2) is 6.31. The van der Waals surface area contributed by atoms with Gasteiger partial charge < -0.3 is 25.2 Å². The van der Waals surface area contributed by atoms with Crippen molar-refractivity contribution in [3.63, 3.8) is 0 Å². The summed E-state index contributed by atoms with van der Waals surface area (Å²) in [6.07, 6.45) is -6.59. The Hall–Kier alpha value is -1.48. The van der Waals surface area contributed by atoms with Crippen molar-refractivity contribution in [1.29, 1.82) is 0 Å². The van der Waals surface area contributed by atoms with Gasteiger partial charge >= 0.3 is 0 Å². The zero-order chi connectivity index (χ0) is 18.4. The largest absolute Gasteiger partial charge is 0.386 e. The normalized spacial score (nSPS) is 22.1. The average Bonchev–Trinajstić information content (AvgIpc) is 2.56. The lowest BCUT2D eigenvalue weighted by molar-refractivity contribution is -0.215. The Morgan fingerprint density at radius 3 is 2.10 bits per heavy atom. The van der Waals surface area contributed by atoms with Crippen LogP contribution in [0, 0.1) is 0 Å². The summed E-state index contributed by atoms with van der Waals surface area (Å²) >= 11 is 0. The van der Waals surface area contributed by atoms with E-state index in [1.807, 2.05) is 0 Å². The molecule has 4 N–H and O–H groups in total. The summed E-state index contributed by atoms with van der Waals surface area (Å²) in [6.45, 7) is -3.49. The van der Waals surface area contributed by atoms with Gasteiger partial charge in [-0.1, -0.05) is 0 Å². The van der Waals surface area contributed by atoms with Crippen LogP contribution in [0.4, 0.5) is 0 Å². The fourth-order valence-corrected chi connectivity index (χ4v) is 1.65. The van der Waals surface area contributed by atoms with E-state index in [0.29, 0.717) is 0 Å². The molecule has 1 unspecified atom stereocenters. The molecular weight excluding hydrogens is 272 g/mol. The van der Waals surface area contributed by atoms with Crippen LogP contribution in [0.15, 0.2) is 0 Å². The Morgan fingerprint density at radius 2 is 1.70 bits per heavy atom. The van der Waals surface area contributed by atoms with Crippen molar-refractivity contribution in [3.05, 3.63) is 0 Å². The quantitative estimate of drug-likeness (QED) is 0.359. The van der Waals surface area contributed by atoms with E-state index in [-0.39, 0.29) is 6.29 Å². The average molecular weight is 293 g/mol. The van der Waals surface area contributed by atoms with Gasteiger partial charge in [-0.2, -0.15) is 0 Å². The van der Waals surface area contributed by atoms with E-state index in [9.17, 15) is 39.6 Å². The standard InChI is InChI=1S/C12H18O8/c1-6(14)9(17)10(18)12(20,8(3)16)11(19,4-5-13)7(2)15/h5,9-10,17-20H,4H2,1-3H3/t9?,10-,11+,12-/m1/s1/i1D,2D,3D. The molecule has 8 nitrogen and oxygen atoms in total. The van der Waals surface area contributed by atoms with Crippen LogP contribution in [0.5, 0.6) is 0 Å². The number of aliphatic hydroxyl groups excluding tert-OH is 2. The van der Waals surface area contributed by atoms with Gasteiger partial charge in [0.2, 0.25) is 0 Å². The highest BCUT2D eigenvalue weighted by Gasteiger charge is 2.62. The van der Waals surface area contributed by atoms with Crippen molar-refractivity contribution in [1.82, 2.24) is 0 Å².